The molecule has 0 N–H and O–H groups in total. The fraction of sp³-hybridized carbons (Fsp3) is 0.500. The third-order valence-electron chi connectivity index (χ3n) is 2.47. The Bertz CT molecular complexity index is 267. The number of benzene rings is 1. The highest BCUT2D eigenvalue weighted by Crippen LogP contribution is 2.12. The molecule has 89 valence electrons. The van der Waals surface area contributed by atoms with Crippen LogP contribution in [0.3, 0.4) is 0 Å². The van der Waals surface area contributed by atoms with Crippen molar-refractivity contribution in [3.63, 3.8) is 0 Å². The molecular weight excluding hydrogens is 200 g/mol. The van der Waals surface area contributed by atoms with Crippen LogP contribution in [-0.4, -0.2) is 13.7 Å². The Morgan fingerprint density at radius 2 is 1.81 bits per heavy atom. The summed E-state index contributed by atoms with van der Waals surface area (Å²) in [7, 11) is 1.67. The van der Waals surface area contributed by atoms with Gasteiger partial charge >= 0.3 is 0 Å². The minimum atomic E-state index is 0.689. The lowest BCUT2D eigenvalue weighted by Gasteiger charge is -2.05. The molecule has 0 saturated heterocycles. The highest BCUT2D eigenvalue weighted by Gasteiger charge is 1.95. The predicted molar refractivity (Wildman–Crippen MR) is 66.5 cm³/mol. The normalized spacial score (nSPS) is 10.4. The molecule has 0 bridgehead atoms. The molecule has 0 aliphatic carbocycles. The van der Waals surface area contributed by atoms with Crippen LogP contribution in [0.1, 0.15) is 31.2 Å². The summed E-state index contributed by atoms with van der Waals surface area (Å²) in [6, 6.07) is 7.99. The summed E-state index contributed by atoms with van der Waals surface area (Å²) in [5.74, 6) is 0.888. The lowest BCUT2D eigenvalue weighted by Crippen LogP contribution is -1.95. The number of rotatable bonds is 8. The van der Waals surface area contributed by atoms with Crippen LogP contribution in [0.4, 0.5) is 0 Å². The molecule has 0 aliphatic heterocycles. The molecular formula is C14H21O2. The van der Waals surface area contributed by atoms with Crippen molar-refractivity contribution >= 4 is 0 Å². The molecule has 16 heavy (non-hydrogen) atoms. The molecule has 2 heteroatoms. The predicted octanol–water partition coefficient (Wildman–Crippen LogP) is 3.61. The fourth-order valence-electron chi connectivity index (χ4n) is 1.47. The Morgan fingerprint density at radius 3 is 2.44 bits per heavy atom. The van der Waals surface area contributed by atoms with Crippen molar-refractivity contribution in [3.05, 3.63) is 36.8 Å². The molecule has 0 heterocycles. The maximum atomic E-state index is 5.58. The van der Waals surface area contributed by atoms with Crippen molar-refractivity contribution in [2.75, 3.05) is 13.7 Å². The standard InChI is InChI=1S/C14H21O2/c1-3-4-5-6-11-16-12-13-7-9-14(15-2)10-8-13/h7-10H,1,3-6,11-12H2,2H3. The second-order valence-corrected chi connectivity index (χ2v) is 3.81. The second-order valence-electron chi connectivity index (χ2n) is 3.81. The van der Waals surface area contributed by atoms with Crippen molar-refractivity contribution in [1.29, 1.82) is 0 Å². The largest absolute Gasteiger partial charge is 0.497 e. The van der Waals surface area contributed by atoms with Gasteiger partial charge in [0, 0.05) is 6.61 Å². The summed E-state index contributed by atoms with van der Waals surface area (Å²) in [6.45, 7) is 5.34. The Labute approximate surface area is 98.6 Å². The van der Waals surface area contributed by atoms with Gasteiger partial charge < -0.3 is 9.47 Å². The Hall–Kier alpha value is -1.02. The molecule has 0 spiro atoms. The maximum absolute atomic E-state index is 5.58. The zero-order valence-electron chi connectivity index (χ0n) is 10.1. The van der Waals surface area contributed by atoms with Gasteiger partial charge in [0.05, 0.1) is 13.7 Å². The van der Waals surface area contributed by atoms with Crippen LogP contribution < -0.4 is 4.74 Å². The first-order chi connectivity index (χ1) is 7.86. The van der Waals surface area contributed by atoms with E-state index in [2.05, 4.69) is 6.92 Å². The molecule has 0 saturated carbocycles. The van der Waals surface area contributed by atoms with Crippen molar-refractivity contribution in [2.45, 2.75) is 32.3 Å². The van der Waals surface area contributed by atoms with Gasteiger partial charge in [-0.15, -0.1) is 0 Å². The average Bonchev–Trinajstić information content (AvgIpc) is 2.34. The molecule has 0 atom stereocenters. The minimum Gasteiger partial charge on any atom is -0.497 e. The summed E-state index contributed by atoms with van der Waals surface area (Å²) in [4.78, 5) is 0. The monoisotopic (exact) mass is 221 g/mol. The lowest BCUT2D eigenvalue weighted by molar-refractivity contribution is 0.117. The summed E-state index contributed by atoms with van der Waals surface area (Å²) >= 11 is 0. The number of hydrogen-bond donors (Lipinski definition) is 0. The van der Waals surface area contributed by atoms with E-state index >= 15 is 0 Å². The van der Waals surface area contributed by atoms with E-state index in [9.17, 15) is 0 Å². The SMILES string of the molecule is [CH2]CCCCCOCc1ccc(OC)cc1. The van der Waals surface area contributed by atoms with Crippen LogP contribution in [0.2, 0.25) is 0 Å². The molecule has 1 aromatic rings. The molecule has 1 rings (SSSR count). The Morgan fingerprint density at radius 1 is 1.06 bits per heavy atom. The third-order valence-corrected chi connectivity index (χ3v) is 2.47. The first kappa shape index (κ1) is 13.0. The van der Waals surface area contributed by atoms with Gasteiger partial charge in [-0.3, -0.25) is 0 Å². The topological polar surface area (TPSA) is 18.5 Å². The Kier molecular flexibility index (Phi) is 6.66. The van der Waals surface area contributed by atoms with Crippen LogP contribution in [0, 0.1) is 6.92 Å². The van der Waals surface area contributed by atoms with Crippen LogP contribution in [0.15, 0.2) is 24.3 Å². The van der Waals surface area contributed by atoms with Crippen molar-refractivity contribution in [2.24, 2.45) is 0 Å². The number of hydrogen-bond acceptors (Lipinski definition) is 2. The summed E-state index contributed by atoms with van der Waals surface area (Å²) < 4.78 is 10.7. The summed E-state index contributed by atoms with van der Waals surface area (Å²) in [5.41, 5.74) is 1.19. The Balaban J connectivity index is 2.12. The molecule has 0 aliphatic rings. The van der Waals surface area contributed by atoms with Gasteiger partial charge in [-0.25, -0.2) is 0 Å². The molecule has 2 nitrogen and oxygen atoms in total. The molecule has 1 radical (unpaired) electrons. The van der Waals surface area contributed by atoms with E-state index < -0.39 is 0 Å². The second kappa shape index (κ2) is 8.17. The molecule has 1 aromatic carbocycles. The third kappa shape index (κ3) is 5.17. The average molecular weight is 221 g/mol. The van der Waals surface area contributed by atoms with Gasteiger partial charge in [0.15, 0.2) is 0 Å². The number of methoxy groups -OCH3 is 1. The van der Waals surface area contributed by atoms with Crippen LogP contribution in [-0.2, 0) is 11.3 Å². The number of ether oxygens (including phenoxy) is 2. The quantitative estimate of drug-likeness (QED) is 0.624. The van der Waals surface area contributed by atoms with Gasteiger partial charge in [-0.2, -0.15) is 0 Å². The minimum absolute atomic E-state index is 0.689. The zero-order valence-corrected chi connectivity index (χ0v) is 10.1. The van der Waals surface area contributed by atoms with Crippen molar-refractivity contribution in [3.8, 4) is 5.75 Å². The molecule has 0 aromatic heterocycles. The van der Waals surface area contributed by atoms with E-state index in [0.29, 0.717) is 6.61 Å². The van der Waals surface area contributed by atoms with Crippen LogP contribution in [0.25, 0.3) is 0 Å². The van der Waals surface area contributed by atoms with Gasteiger partial charge in [0.25, 0.3) is 0 Å². The number of unbranched alkanes of at least 4 members (excludes halogenated alkanes) is 3. The van der Waals surface area contributed by atoms with Crippen molar-refractivity contribution in [1.82, 2.24) is 0 Å². The van der Waals surface area contributed by atoms with Crippen LogP contribution >= 0.6 is 0 Å². The summed E-state index contributed by atoms with van der Waals surface area (Å²) in [5, 5.41) is 0. The zero-order chi connectivity index (χ0) is 11.6. The van der Waals surface area contributed by atoms with E-state index in [0.717, 1.165) is 25.2 Å². The van der Waals surface area contributed by atoms with Crippen LogP contribution in [0.5, 0.6) is 5.75 Å². The first-order valence-corrected chi connectivity index (χ1v) is 5.86. The highest BCUT2D eigenvalue weighted by atomic mass is 16.5. The molecule has 0 amide bonds. The van der Waals surface area contributed by atoms with Gasteiger partial charge in [-0.05, 0) is 24.1 Å². The molecule has 0 fully saturated rings. The maximum Gasteiger partial charge on any atom is 0.118 e. The smallest absolute Gasteiger partial charge is 0.118 e. The fourth-order valence-corrected chi connectivity index (χ4v) is 1.47. The van der Waals surface area contributed by atoms with E-state index in [1.54, 1.807) is 7.11 Å². The van der Waals surface area contributed by atoms with E-state index in [-0.39, 0.29) is 0 Å². The van der Waals surface area contributed by atoms with Gasteiger partial charge in [-0.1, -0.05) is 38.3 Å². The summed E-state index contributed by atoms with van der Waals surface area (Å²) in [6.07, 6.45) is 4.57. The first-order valence-electron chi connectivity index (χ1n) is 5.86. The van der Waals surface area contributed by atoms with Gasteiger partial charge in [0.2, 0.25) is 0 Å². The molecule has 0 unspecified atom stereocenters. The lowest BCUT2D eigenvalue weighted by atomic mass is 10.2. The van der Waals surface area contributed by atoms with E-state index in [1.165, 1.54) is 18.4 Å². The van der Waals surface area contributed by atoms with E-state index in [4.69, 9.17) is 9.47 Å². The van der Waals surface area contributed by atoms with Gasteiger partial charge in [0.1, 0.15) is 5.75 Å². The highest BCUT2D eigenvalue weighted by molar-refractivity contribution is 5.26. The van der Waals surface area contributed by atoms with E-state index in [1.807, 2.05) is 24.3 Å². The van der Waals surface area contributed by atoms with Crippen molar-refractivity contribution < 1.29 is 9.47 Å².